The molecule has 0 radical (unpaired) electrons. The molecule has 3 N–H and O–H groups in total. The molecule has 150 valence electrons. The molecule has 0 spiro atoms. The summed E-state index contributed by atoms with van der Waals surface area (Å²) < 4.78 is 5.69. The Morgan fingerprint density at radius 1 is 1.30 bits per heavy atom. The summed E-state index contributed by atoms with van der Waals surface area (Å²) >= 11 is 0. The summed E-state index contributed by atoms with van der Waals surface area (Å²) in [5.74, 6) is 1.92. The van der Waals surface area contributed by atoms with Gasteiger partial charge in [-0.3, -0.25) is 14.7 Å². The number of rotatable bonds is 9. The van der Waals surface area contributed by atoms with Crippen LogP contribution in [0.1, 0.15) is 56.7 Å². The summed E-state index contributed by atoms with van der Waals surface area (Å²) in [7, 11) is 1.78. The second-order valence-electron chi connectivity index (χ2n) is 7.45. The average molecular weight is 376 g/mol. The third kappa shape index (κ3) is 6.57. The van der Waals surface area contributed by atoms with Crippen molar-refractivity contribution < 1.29 is 9.21 Å². The Balaban J connectivity index is 1.41. The van der Waals surface area contributed by atoms with E-state index in [1.165, 1.54) is 19.3 Å². The van der Waals surface area contributed by atoms with E-state index in [0.29, 0.717) is 12.5 Å². The third-order valence-corrected chi connectivity index (χ3v) is 5.21. The molecule has 2 heterocycles. The summed E-state index contributed by atoms with van der Waals surface area (Å²) in [4.78, 5) is 18.5. The quantitative estimate of drug-likeness (QED) is 0.350. The fourth-order valence-electron chi connectivity index (χ4n) is 3.52. The maximum Gasteiger partial charge on any atom is 0.220 e. The predicted octanol–water partition coefficient (Wildman–Crippen LogP) is 2.03. The van der Waals surface area contributed by atoms with Gasteiger partial charge in [-0.1, -0.05) is 6.42 Å². The third-order valence-electron chi connectivity index (χ3n) is 5.21. The molecule has 0 bridgehead atoms. The number of likely N-dealkylation sites (tertiary alicyclic amines) is 1. The SMILES string of the molecule is CN=C(NCCCC(=O)NC1CC1)NCC(c1ccco1)N1CCCCC1. The predicted molar refractivity (Wildman–Crippen MR) is 107 cm³/mol. The van der Waals surface area contributed by atoms with Crippen LogP contribution in [0.3, 0.4) is 0 Å². The fraction of sp³-hybridized carbons (Fsp3) is 0.700. The molecule has 1 saturated carbocycles. The van der Waals surface area contributed by atoms with Gasteiger partial charge in [0.15, 0.2) is 5.96 Å². The summed E-state index contributed by atoms with van der Waals surface area (Å²) in [6, 6.07) is 4.65. The minimum absolute atomic E-state index is 0.158. The van der Waals surface area contributed by atoms with Gasteiger partial charge in [-0.2, -0.15) is 0 Å². The van der Waals surface area contributed by atoms with Gasteiger partial charge in [-0.15, -0.1) is 0 Å². The number of carbonyl (C=O) groups is 1. The number of amides is 1. The van der Waals surface area contributed by atoms with Crippen LogP contribution >= 0.6 is 0 Å². The van der Waals surface area contributed by atoms with Gasteiger partial charge >= 0.3 is 0 Å². The molecule has 1 aromatic rings. The first-order valence-corrected chi connectivity index (χ1v) is 10.3. The highest BCUT2D eigenvalue weighted by atomic mass is 16.3. The zero-order valence-corrected chi connectivity index (χ0v) is 16.4. The molecule has 1 aliphatic heterocycles. The fourth-order valence-corrected chi connectivity index (χ4v) is 3.52. The molecular formula is C20H33N5O2. The molecule has 3 rings (SSSR count). The Kier molecular flexibility index (Phi) is 7.56. The highest BCUT2D eigenvalue weighted by Crippen LogP contribution is 2.24. The van der Waals surface area contributed by atoms with Crippen molar-refractivity contribution in [1.29, 1.82) is 0 Å². The molecule has 1 aromatic heterocycles. The van der Waals surface area contributed by atoms with E-state index in [0.717, 1.165) is 57.2 Å². The van der Waals surface area contributed by atoms with Crippen LogP contribution in [0.5, 0.6) is 0 Å². The van der Waals surface area contributed by atoms with Crippen molar-refractivity contribution in [2.45, 2.75) is 57.0 Å². The lowest BCUT2D eigenvalue weighted by Gasteiger charge is -2.33. The second-order valence-corrected chi connectivity index (χ2v) is 7.45. The van der Waals surface area contributed by atoms with E-state index in [4.69, 9.17) is 4.42 Å². The van der Waals surface area contributed by atoms with E-state index in [9.17, 15) is 4.79 Å². The normalized spacial score (nSPS) is 19.5. The Labute approximate surface area is 162 Å². The van der Waals surface area contributed by atoms with Crippen molar-refractivity contribution in [2.24, 2.45) is 4.99 Å². The van der Waals surface area contributed by atoms with E-state index >= 15 is 0 Å². The van der Waals surface area contributed by atoms with E-state index in [1.807, 2.05) is 6.07 Å². The summed E-state index contributed by atoms with van der Waals surface area (Å²) in [5.41, 5.74) is 0. The minimum atomic E-state index is 0.158. The molecule has 7 nitrogen and oxygen atoms in total. The zero-order valence-electron chi connectivity index (χ0n) is 16.4. The van der Waals surface area contributed by atoms with E-state index in [-0.39, 0.29) is 11.9 Å². The smallest absolute Gasteiger partial charge is 0.220 e. The van der Waals surface area contributed by atoms with Gasteiger partial charge in [0.05, 0.1) is 12.3 Å². The summed E-state index contributed by atoms with van der Waals surface area (Å²) in [6.45, 7) is 3.69. The monoisotopic (exact) mass is 375 g/mol. The lowest BCUT2D eigenvalue weighted by atomic mass is 10.1. The Bertz CT molecular complexity index is 592. The van der Waals surface area contributed by atoms with Gasteiger partial charge < -0.3 is 20.4 Å². The molecule has 2 aliphatic rings. The summed E-state index contributed by atoms with van der Waals surface area (Å²) in [5, 5.41) is 9.75. The van der Waals surface area contributed by atoms with Crippen LogP contribution in [0, 0.1) is 0 Å². The van der Waals surface area contributed by atoms with E-state index in [2.05, 4.69) is 31.9 Å². The van der Waals surface area contributed by atoms with Crippen molar-refractivity contribution in [2.75, 3.05) is 33.2 Å². The molecule has 7 heteroatoms. The second kappa shape index (κ2) is 10.3. The Hall–Kier alpha value is -2.02. The average Bonchev–Trinajstić information content (AvgIpc) is 3.34. The van der Waals surface area contributed by atoms with Crippen molar-refractivity contribution in [3.8, 4) is 0 Å². The number of nitrogens with zero attached hydrogens (tertiary/aromatic N) is 2. The number of furan rings is 1. The van der Waals surface area contributed by atoms with Crippen LogP contribution in [-0.2, 0) is 4.79 Å². The molecule has 2 fully saturated rings. The van der Waals surface area contributed by atoms with Crippen LogP contribution in [0.2, 0.25) is 0 Å². The Morgan fingerprint density at radius 3 is 2.78 bits per heavy atom. The van der Waals surface area contributed by atoms with Crippen molar-refractivity contribution >= 4 is 11.9 Å². The maximum absolute atomic E-state index is 11.7. The van der Waals surface area contributed by atoms with Gasteiger partial charge in [0.2, 0.25) is 5.91 Å². The molecule has 27 heavy (non-hydrogen) atoms. The highest BCUT2D eigenvalue weighted by Gasteiger charge is 2.25. The zero-order chi connectivity index (χ0) is 18.9. The van der Waals surface area contributed by atoms with Gasteiger partial charge in [0, 0.05) is 32.6 Å². The van der Waals surface area contributed by atoms with Crippen LogP contribution < -0.4 is 16.0 Å². The number of guanidine groups is 1. The largest absolute Gasteiger partial charge is 0.468 e. The lowest BCUT2D eigenvalue weighted by molar-refractivity contribution is -0.121. The molecule has 1 atom stereocenters. The number of hydrogen-bond donors (Lipinski definition) is 3. The standard InChI is InChI=1S/C20H33N5O2/c1-21-20(22-11-5-8-19(26)24-16-9-10-16)23-15-17(18-7-6-14-27-18)25-12-3-2-4-13-25/h6-7,14,16-17H,2-5,8-13,15H2,1H3,(H,24,26)(H2,21,22,23). The molecular weight excluding hydrogens is 342 g/mol. The van der Waals surface area contributed by atoms with E-state index in [1.54, 1.807) is 13.3 Å². The first-order valence-electron chi connectivity index (χ1n) is 10.3. The van der Waals surface area contributed by atoms with Crippen molar-refractivity contribution in [1.82, 2.24) is 20.9 Å². The number of nitrogens with one attached hydrogen (secondary N) is 3. The van der Waals surface area contributed by atoms with Crippen LogP contribution in [0.4, 0.5) is 0 Å². The molecule has 1 aliphatic carbocycles. The molecule has 0 aromatic carbocycles. The summed E-state index contributed by atoms with van der Waals surface area (Å²) in [6.07, 6.45) is 9.16. The van der Waals surface area contributed by atoms with Crippen LogP contribution in [-0.4, -0.2) is 56.0 Å². The van der Waals surface area contributed by atoms with Crippen molar-refractivity contribution in [3.05, 3.63) is 24.2 Å². The van der Waals surface area contributed by atoms with Gasteiger partial charge in [-0.25, -0.2) is 0 Å². The Morgan fingerprint density at radius 2 is 2.11 bits per heavy atom. The molecule has 1 amide bonds. The molecule has 1 unspecified atom stereocenters. The topological polar surface area (TPSA) is 81.9 Å². The minimum Gasteiger partial charge on any atom is -0.468 e. The first kappa shape index (κ1) is 19.7. The van der Waals surface area contributed by atoms with Gasteiger partial charge in [0.1, 0.15) is 5.76 Å². The molecule has 1 saturated heterocycles. The van der Waals surface area contributed by atoms with Crippen molar-refractivity contribution in [3.63, 3.8) is 0 Å². The van der Waals surface area contributed by atoms with Crippen LogP contribution in [0.15, 0.2) is 27.8 Å². The lowest BCUT2D eigenvalue weighted by Crippen LogP contribution is -2.44. The first-order chi connectivity index (χ1) is 13.3. The number of hydrogen-bond acceptors (Lipinski definition) is 4. The number of carbonyl (C=O) groups excluding carboxylic acids is 1. The van der Waals surface area contributed by atoms with Gasteiger partial charge in [-0.05, 0) is 57.3 Å². The van der Waals surface area contributed by atoms with Gasteiger partial charge in [0.25, 0.3) is 0 Å². The highest BCUT2D eigenvalue weighted by molar-refractivity contribution is 5.80. The van der Waals surface area contributed by atoms with Crippen LogP contribution in [0.25, 0.3) is 0 Å². The van der Waals surface area contributed by atoms with E-state index < -0.39 is 0 Å². The number of aliphatic imine (C=N–C) groups is 1. The number of piperidine rings is 1. The maximum atomic E-state index is 11.7.